The maximum absolute atomic E-state index is 12.8. The van der Waals surface area contributed by atoms with E-state index in [1.54, 1.807) is 14.0 Å². The predicted octanol–water partition coefficient (Wildman–Crippen LogP) is 5.32. The monoisotopic (exact) mass is 449 g/mol. The first-order valence-corrected chi connectivity index (χ1v) is 11.7. The van der Waals surface area contributed by atoms with Crippen LogP contribution in [0, 0.1) is 6.92 Å². The zero-order valence-electron chi connectivity index (χ0n) is 21.1. The number of allylic oxidation sites excluding steroid dienone is 6. The van der Waals surface area contributed by atoms with Gasteiger partial charge in [-0.25, -0.2) is 0 Å². The number of nitrogens with two attached hydrogens (primary N) is 1. The highest BCUT2D eigenvalue weighted by Crippen LogP contribution is 2.26. The van der Waals surface area contributed by atoms with Crippen molar-refractivity contribution in [3.8, 4) is 0 Å². The van der Waals surface area contributed by atoms with Crippen LogP contribution in [0.5, 0.6) is 0 Å². The van der Waals surface area contributed by atoms with E-state index >= 15 is 0 Å². The Kier molecular flexibility index (Phi) is 10.3. The molecule has 0 amide bonds. The molecule has 0 aromatic heterocycles. The molecule has 0 saturated heterocycles. The standard InChI is InChI=1S/C28H39N3O2/c1-7-14-33-15-8-9-26-13-12-25(19-31(26)6)24-11-10-23(20(2)16-24)17-21(3)28(32)27(18-30-5)22(4)29/h10-13,16-18H,7-9,14-15,19,29H2,1-6H3/b21-17+,27-22-,30-18?. The summed E-state index contributed by atoms with van der Waals surface area (Å²) in [5.41, 5.74) is 13.4. The first-order valence-electron chi connectivity index (χ1n) is 11.7. The molecule has 0 fully saturated rings. The van der Waals surface area contributed by atoms with Crippen molar-refractivity contribution in [1.82, 2.24) is 4.90 Å². The van der Waals surface area contributed by atoms with Crippen LogP contribution in [-0.2, 0) is 9.53 Å². The van der Waals surface area contributed by atoms with E-state index in [1.807, 2.05) is 13.0 Å². The van der Waals surface area contributed by atoms with Gasteiger partial charge in [0.05, 0.1) is 5.57 Å². The van der Waals surface area contributed by atoms with Crippen LogP contribution in [0.2, 0.25) is 0 Å². The molecule has 5 nitrogen and oxygen atoms in total. The molecule has 2 rings (SSSR count). The summed E-state index contributed by atoms with van der Waals surface area (Å²) < 4.78 is 5.60. The van der Waals surface area contributed by atoms with Gasteiger partial charge in [0.2, 0.25) is 0 Å². The van der Waals surface area contributed by atoms with Crippen molar-refractivity contribution in [3.05, 3.63) is 69.6 Å². The number of benzene rings is 1. The summed E-state index contributed by atoms with van der Waals surface area (Å²) in [6.45, 7) is 10.3. The molecular formula is C28H39N3O2. The van der Waals surface area contributed by atoms with Crippen molar-refractivity contribution >= 4 is 23.6 Å². The van der Waals surface area contributed by atoms with Crippen LogP contribution in [-0.4, -0.2) is 50.8 Å². The Morgan fingerprint density at radius 1 is 1.24 bits per heavy atom. The van der Waals surface area contributed by atoms with Gasteiger partial charge in [-0.2, -0.15) is 0 Å². The molecule has 0 spiro atoms. The number of rotatable bonds is 11. The summed E-state index contributed by atoms with van der Waals surface area (Å²) in [5, 5.41) is 0. The summed E-state index contributed by atoms with van der Waals surface area (Å²) in [7, 11) is 3.78. The van der Waals surface area contributed by atoms with E-state index in [-0.39, 0.29) is 5.78 Å². The van der Waals surface area contributed by atoms with Gasteiger partial charge in [-0.05, 0) is 80.0 Å². The molecule has 0 bridgehead atoms. The van der Waals surface area contributed by atoms with Crippen LogP contribution in [0.4, 0.5) is 0 Å². The number of hydrogen-bond donors (Lipinski definition) is 1. The fraction of sp³-hybridized carbons (Fsp3) is 0.429. The Morgan fingerprint density at radius 3 is 2.61 bits per heavy atom. The maximum atomic E-state index is 12.8. The van der Waals surface area contributed by atoms with Gasteiger partial charge < -0.3 is 15.4 Å². The van der Waals surface area contributed by atoms with Gasteiger partial charge in [-0.1, -0.05) is 31.2 Å². The Balaban J connectivity index is 2.15. The lowest BCUT2D eigenvalue weighted by Gasteiger charge is -2.28. The van der Waals surface area contributed by atoms with E-state index in [2.05, 4.69) is 61.1 Å². The second-order valence-electron chi connectivity index (χ2n) is 8.63. The summed E-state index contributed by atoms with van der Waals surface area (Å²) >= 11 is 0. The quantitative estimate of drug-likeness (QED) is 0.282. The second kappa shape index (κ2) is 12.9. The molecule has 0 aliphatic carbocycles. The maximum Gasteiger partial charge on any atom is 0.192 e. The van der Waals surface area contributed by atoms with Gasteiger partial charge in [0.15, 0.2) is 5.78 Å². The Hall–Kier alpha value is -2.92. The third kappa shape index (κ3) is 7.57. The number of likely N-dealkylation sites (N-methyl/N-ethyl adjacent to an activating group) is 1. The van der Waals surface area contributed by atoms with Crippen molar-refractivity contribution in [3.63, 3.8) is 0 Å². The smallest absolute Gasteiger partial charge is 0.192 e. The number of Topliss-reactive ketones (excluding diaryl/α,β-unsaturated/α-hetero) is 1. The molecule has 2 N–H and O–H groups in total. The van der Waals surface area contributed by atoms with Crippen molar-refractivity contribution in [1.29, 1.82) is 0 Å². The molecule has 0 unspecified atom stereocenters. The molecule has 1 aliphatic rings. The molecular weight excluding hydrogens is 410 g/mol. The minimum absolute atomic E-state index is 0.0987. The number of ether oxygens (including phenoxy) is 1. The molecule has 0 atom stereocenters. The third-order valence-corrected chi connectivity index (χ3v) is 5.74. The van der Waals surface area contributed by atoms with Crippen molar-refractivity contribution in [2.45, 2.75) is 47.0 Å². The molecule has 1 aliphatic heterocycles. The van der Waals surface area contributed by atoms with E-state index in [4.69, 9.17) is 10.5 Å². The molecule has 0 radical (unpaired) electrons. The number of hydrogen-bond acceptors (Lipinski definition) is 5. The van der Waals surface area contributed by atoms with Gasteiger partial charge in [0.25, 0.3) is 0 Å². The number of ketones is 1. The van der Waals surface area contributed by atoms with E-state index < -0.39 is 0 Å². The van der Waals surface area contributed by atoms with Crippen LogP contribution in [0.3, 0.4) is 0 Å². The van der Waals surface area contributed by atoms with E-state index in [0.29, 0.717) is 16.8 Å². The van der Waals surface area contributed by atoms with Gasteiger partial charge >= 0.3 is 0 Å². The van der Waals surface area contributed by atoms with Crippen LogP contribution in [0.15, 0.2) is 57.9 Å². The molecule has 1 aromatic rings. The van der Waals surface area contributed by atoms with Crippen molar-refractivity contribution in [2.24, 2.45) is 10.7 Å². The number of aryl methyl sites for hydroxylation is 1. The van der Waals surface area contributed by atoms with E-state index in [1.165, 1.54) is 23.0 Å². The van der Waals surface area contributed by atoms with E-state index in [9.17, 15) is 4.79 Å². The highest BCUT2D eigenvalue weighted by atomic mass is 16.5. The van der Waals surface area contributed by atoms with Crippen LogP contribution in [0.1, 0.15) is 56.7 Å². The minimum atomic E-state index is -0.0987. The number of carbonyl (C=O) groups excluding carboxylic acids is 1. The average Bonchev–Trinajstić information content (AvgIpc) is 2.78. The Labute approximate surface area is 199 Å². The normalized spacial score (nSPS) is 15.5. The molecule has 1 heterocycles. The molecule has 1 aromatic carbocycles. The topological polar surface area (TPSA) is 67.9 Å². The average molecular weight is 450 g/mol. The molecule has 33 heavy (non-hydrogen) atoms. The van der Waals surface area contributed by atoms with Crippen molar-refractivity contribution < 1.29 is 9.53 Å². The lowest BCUT2D eigenvalue weighted by Crippen LogP contribution is -2.23. The fourth-order valence-corrected chi connectivity index (χ4v) is 3.81. The first-order chi connectivity index (χ1) is 15.8. The summed E-state index contributed by atoms with van der Waals surface area (Å²) in [6.07, 6.45) is 11.0. The third-order valence-electron chi connectivity index (χ3n) is 5.74. The van der Waals surface area contributed by atoms with Crippen LogP contribution >= 0.6 is 0 Å². The second-order valence-corrected chi connectivity index (χ2v) is 8.63. The predicted molar refractivity (Wildman–Crippen MR) is 140 cm³/mol. The Bertz CT molecular complexity index is 992. The molecule has 0 saturated carbocycles. The Morgan fingerprint density at radius 2 is 2.00 bits per heavy atom. The van der Waals surface area contributed by atoms with Gasteiger partial charge in [0, 0.05) is 51.5 Å². The summed E-state index contributed by atoms with van der Waals surface area (Å²) in [6, 6.07) is 6.41. The van der Waals surface area contributed by atoms with Gasteiger partial charge in [-0.3, -0.25) is 9.79 Å². The first kappa shape index (κ1) is 26.3. The molecule has 5 heteroatoms. The zero-order chi connectivity index (χ0) is 24.4. The highest BCUT2D eigenvalue weighted by Gasteiger charge is 2.15. The van der Waals surface area contributed by atoms with Gasteiger partial charge in [0.1, 0.15) is 0 Å². The lowest BCUT2D eigenvalue weighted by molar-refractivity contribution is -0.111. The molecule has 178 valence electrons. The summed E-state index contributed by atoms with van der Waals surface area (Å²) in [5.74, 6) is -0.0987. The number of carbonyl (C=O) groups is 1. The van der Waals surface area contributed by atoms with Crippen LogP contribution in [0.25, 0.3) is 11.6 Å². The minimum Gasteiger partial charge on any atom is -0.402 e. The van der Waals surface area contributed by atoms with Crippen LogP contribution < -0.4 is 5.73 Å². The largest absolute Gasteiger partial charge is 0.402 e. The summed E-state index contributed by atoms with van der Waals surface area (Å²) in [4.78, 5) is 19.0. The van der Waals surface area contributed by atoms with Gasteiger partial charge in [-0.15, -0.1) is 0 Å². The fourth-order valence-electron chi connectivity index (χ4n) is 3.81. The highest BCUT2D eigenvalue weighted by molar-refractivity contribution is 6.22. The van der Waals surface area contributed by atoms with E-state index in [0.717, 1.165) is 50.1 Å². The SMILES string of the molecule is CCCOCCCC1=CC=C(c2ccc(/C=C(\C)C(=O)/C(C=NC)=C(/C)N)c(C)c2)CN1C. The lowest BCUT2D eigenvalue weighted by atomic mass is 9.95. The number of aliphatic imine (C=N–C) groups is 1. The number of nitrogens with zero attached hydrogens (tertiary/aromatic N) is 2. The van der Waals surface area contributed by atoms with Crippen molar-refractivity contribution in [2.75, 3.05) is 33.9 Å². The zero-order valence-corrected chi connectivity index (χ0v) is 21.1.